The van der Waals surface area contributed by atoms with Crippen molar-refractivity contribution in [3.05, 3.63) is 51.5 Å². The molecule has 0 spiro atoms. The Labute approximate surface area is 132 Å². The summed E-state index contributed by atoms with van der Waals surface area (Å²) in [5.74, 6) is 0.881. The molecule has 0 heterocycles. The fraction of sp³-hybridized carbons (Fsp3) is 0.133. The van der Waals surface area contributed by atoms with Gasteiger partial charge in [-0.3, -0.25) is 0 Å². The topological polar surface area (TPSA) is 68.3 Å². The lowest BCUT2D eigenvalue weighted by atomic mass is 10.1. The summed E-state index contributed by atoms with van der Waals surface area (Å²) in [6.07, 6.45) is 0. The van der Waals surface area contributed by atoms with E-state index >= 15 is 0 Å². The average Bonchev–Trinajstić information content (AvgIpc) is 2.45. The first-order valence-corrected chi connectivity index (χ1v) is 6.75. The van der Waals surface area contributed by atoms with Crippen LogP contribution in [-0.4, -0.2) is 7.11 Å². The molecule has 0 amide bonds. The van der Waals surface area contributed by atoms with Crippen molar-refractivity contribution in [3.8, 4) is 17.6 Å². The fourth-order valence-electron chi connectivity index (χ4n) is 1.81. The number of halogens is 2. The number of hydrogen-bond donors (Lipinski definition) is 1. The first-order chi connectivity index (χ1) is 10.0. The summed E-state index contributed by atoms with van der Waals surface area (Å²) in [4.78, 5) is 0. The van der Waals surface area contributed by atoms with Crippen molar-refractivity contribution in [3.63, 3.8) is 0 Å². The fourth-order valence-corrected chi connectivity index (χ4v) is 2.42. The molecule has 0 radical (unpaired) electrons. The summed E-state index contributed by atoms with van der Waals surface area (Å²) in [6, 6.07) is 10.4. The second kappa shape index (κ2) is 6.57. The van der Waals surface area contributed by atoms with E-state index in [0.29, 0.717) is 32.8 Å². The average molecular weight is 323 g/mol. The van der Waals surface area contributed by atoms with E-state index in [1.165, 1.54) is 7.11 Å². The summed E-state index contributed by atoms with van der Waals surface area (Å²) in [7, 11) is 1.51. The van der Waals surface area contributed by atoms with Crippen molar-refractivity contribution in [2.75, 3.05) is 12.8 Å². The summed E-state index contributed by atoms with van der Waals surface area (Å²) in [5.41, 5.74) is 7.34. The molecule has 4 nitrogen and oxygen atoms in total. The Morgan fingerprint density at radius 1 is 1.19 bits per heavy atom. The van der Waals surface area contributed by atoms with Crippen LogP contribution in [0.3, 0.4) is 0 Å². The van der Waals surface area contributed by atoms with E-state index in [9.17, 15) is 0 Å². The molecule has 0 aliphatic rings. The Hall–Kier alpha value is -2.09. The van der Waals surface area contributed by atoms with Gasteiger partial charge < -0.3 is 15.2 Å². The molecule has 0 aromatic heterocycles. The van der Waals surface area contributed by atoms with Crippen molar-refractivity contribution >= 4 is 28.9 Å². The third-order valence-corrected chi connectivity index (χ3v) is 3.35. The largest absolute Gasteiger partial charge is 0.495 e. The maximum absolute atomic E-state index is 9.05. The highest BCUT2D eigenvalue weighted by atomic mass is 35.5. The lowest BCUT2D eigenvalue weighted by Gasteiger charge is -2.11. The quantitative estimate of drug-likeness (QED) is 0.862. The Morgan fingerprint density at radius 3 is 2.43 bits per heavy atom. The number of benzene rings is 2. The molecule has 6 heteroatoms. The molecule has 0 unspecified atom stereocenters. The molecule has 0 saturated heterocycles. The number of hydrogen-bond acceptors (Lipinski definition) is 4. The van der Waals surface area contributed by atoms with E-state index in [4.69, 9.17) is 43.7 Å². The van der Waals surface area contributed by atoms with Crippen LogP contribution in [0.2, 0.25) is 10.0 Å². The maximum Gasteiger partial charge on any atom is 0.157 e. The van der Waals surface area contributed by atoms with E-state index in [1.54, 1.807) is 30.3 Å². The maximum atomic E-state index is 9.05. The smallest absolute Gasteiger partial charge is 0.157 e. The molecular weight excluding hydrogens is 311 g/mol. The van der Waals surface area contributed by atoms with Gasteiger partial charge in [0.05, 0.1) is 22.7 Å². The Balaban J connectivity index is 2.19. The van der Waals surface area contributed by atoms with Gasteiger partial charge in [-0.2, -0.15) is 5.26 Å². The standard InChI is InChI=1S/C15H12Cl2N2O2/c1-20-14-3-2-9(4-10(14)7-18)8-21-15-12(16)5-11(19)6-13(15)17/h2-6H,8,19H2,1H3. The van der Waals surface area contributed by atoms with Crippen molar-refractivity contribution in [1.29, 1.82) is 5.26 Å². The number of anilines is 1. The van der Waals surface area contributed by atoms with Gasteiger partial charge in [0.2, 0.25) is 0 Å². The van der Waals surface area contributed by atoms with Crippen LogP contribution in [0.15, 0.2) is 30.3 Å². The molecule has 0 saturated carbocycles. The minimum atomic E-state index is 0.224. The molecule has 2 aromatic carbocycles. The van der Waals surface area contributed by atoms with Crippen LogP contribution in [-0.2, 0) is 6.61 Å². The van der Waals surface area contributed by atoms with Gasteiger partial charge in [0, 0.05) is 5.69 Å². The number of methoxy groups -OCH3 is 1. The summed E-state index contributed by atoms with van der Waals surface area (Å²) < 4.78 is 10.7. The van der Waals surface area contributed by atoms with Crippen LogP contribution < -0.4 is 15.2 Å². The predicted octanol–water partition coefficient (Wildman–Crippen LogP) is 4.03. The van der Waals surface area contributed by atoms with Crippen LogP contribution in [0.25, 0.3) is 0 Å². The van der Waals surface area contributed by atoms with Gasteiger partial charge in [-0.1, -0.05) is 29.3 Å². The molecule has 108 valence electrons. The molecule has 2 aromatic rings. The first kappa shape index (κ1) is 15.3. The monoisotopic (exact) mass is 322 g/mol. The molecule has 2 rings (SSSR count). The van der Waals surface area contributed by atoms with E-state index in [2.05, 4.69) is 6.07 Å². The number of nitrogens with two attached hydrogens (primary N) is 1. The molecule has 0 bridgehead atoms. The van der Waals surface area contributed by atoms with Crippen LogP contribution >= 0.6 is 23.2 Å². The Kier molecular flexibility index (Phi) is 4.79. The van der Waals surface area contributed by atoms with Gasteiger partial charge in [-0.25, -0.2) is 0 Å². The summed E-state index contributed by atoms with van der Waals surface area (Å²) in [5, 5.41) is 9.73. The zero-order valence-electron chi connectivity index (χ0n) is 11.2. The highest BCUT2D eigenvalue weighted by molar-refractivity contribution is 6.37. The van der Waals surface area contributed by atoms with E-state index in [0.717, 1.165) is 5.56 Å². The van der Waals surface area contributed by atoms with Crippen LogP contribution in [0.1, 0.15) is 11.1 Å². The first-order valence-electron chi connectivity index (χ1n) is 5.99. The van der Waals surface area contributed by atoms with Crippen molar-refractivity contribution in [1.82, 2.24) is 0 Å². The molecule has 0 atom stereocenters. The number of ether oxygens (including phenoxy) is 2. The second-order valence-corrected chi connectivity index (χ2v) is 5.06. The molecular formula is C15H12Cl2N2O2. The number of nitrogens with zero attached hydrogens (tertiary/aromatic N) is 1. The van der Waals surface area contributed by atoms with Crippen molar-refractivity contribution < 1.29 is 9.47 Å². The predicted molar refractivity (Wildman–Crippen MR) is 82.9 cm³/mol. The van der Waals surface area contributed by atoms with E-state index in [1.807, 2.05) is 0 Å². The third-order valence-electron chi connectivity index (χ3n) is 2.79. The van der Waals surface area contributed by atoms with Crippen LogP contribution in [0, 0.1) is 11.3 Å². The van der Waals surface area contributed by atoms with Gasteiger partial charge in [-0.05, 0) is 29.8 Å². The zero-order chi connectivity index (χ0) is 15.4. The van der Waals surface area contributed by atoms with Gasteiger partial charge in [-0.15, -0.1) is 0 Å². The van der Waals surface area contributed by atoms with Gasteiger partial charge in [0.1, 0.15) is 18.4 Å². The Bertz CT molecular complexity index is 688. The van der Waals surface area contributed by atoms with Crippen LogP contribution in [0.4, 0.5) is 5.69 Å². The lowest BCUT2D eigenvalue weighted by Crippen LogP contribution is -1.99. The highest BCUT2D eigenvalue weighted by Gasteiger charge is 2.10. The molecule has 0 aliphatic carbocycles. The van der Waals surface area contributed by atoms with Gasteiger partial charge >= 0.3 is 0 Å². The minimum absolute atomic E-state index is 0.224. The highest BCUT2D eigenvalue weighted by Crippen LogP contribution is 2.35. The number of rotatable bonds is 4. The Morgan fingerprint density at radius 2 is 1.86 bits per heavy atom. The molecule has 2 N–H and O–H groups in total. The van der Waals surface area contributed by atoms with Crippen LogP contribution in [0.5, 0.6) is 11.5 Å². The summed E-state index contributed by atoms with van der Waals surface area (Å²) in [6.45, 7) is 0.224. The second-order valence-electron chi connectivity index (χ2n) is 4.25. The van der Waals surface area contributed by atoms with Crippen molar-refractivity contribution in [2.24, 2.45) is 0 Å². The van der Waals surface area contributed by atoms with Gasteiger partial charge in [0.15, 0.2) is 5.75 Å². The molecule has 0 fully saturated rings. The SMILES string of the molecule is COc1ccc(COc2c(Cl)cc(N)cc2Cl)cc1C#N. The summed E-state index contributed by atoms with van der Waals surface area (Å²) >= 11 is 12.1. The minimum Gasteiger partial charge on any atom is -0.495 e. The van der Waals surface area contributed by atoms with Gasteiger partial charge in [0.25, 0.3) is 0 Å². The molecule has 21 heavy (non-hydrogen) atoms. The normalized spacial score (nSPS) is 10.0. The zero-order valence-corrected chi connectivity index (χ0v) is 12.7. The number of nitrogen functional groups attached to an aromatic ring is 1. The third kappa shape index (κ3) is 3.52. The van der Waals surface area contributed by atoms with E-state index < -0.39 is 0 Å². The number of nitriles is 1. The van der Waals surface area contributed by atoms with E-state index in [-0.39, 0.29) is 6.61 Å². The van der Waals surface area contributed by atoms with Crippen molar-refractivity contribution in [2.45, 2.75) is 6.61 Å². The molecule has 0 aliphatic heterocycles. The lowest BCUT2D eigenvalue weighted by molar-refractivity contribution is 0.306.